The Hall–Kier alpha value is -1.10. The molecule has 1 atom stereocenters. The Bertz CT molecular complexity index is 277. The Kier molecular flexibility index (Phi) is 7.59. The first kappa shape index (κ1) is 16.9. The Labute approximate surface area is 110 Å². The van der Waals surface area contributed by atoms with Gasteiger partial charge in [0.1, 0.15) is 0 Å². The molecule has 0 aromatic carbocycles. The Morgan fingerprint density at radius 3 is 2.06 bits per heavy atom. The molecule has 0 aliphatic rings. The minimum absolute atomic E-state index is 0.0184. The van der Waals surface area contributed by atoms with Gasteiger partial charge in [-0.1, -0.05) is 13.8 Å². The molecule has 0 aromatic rings. The number of hydrogen-bond donors (Lipinski definition) is 2. The average molecular weight is 257 g/mol. The third-order valence-electron chi connectivity index (χ3n) is 2.87. The number of carbonyl (C=O) groups excluding carboxylic acids is 2. The third-order valence-corrected chi connectivity index (χ3v) is 2.87. The molecule has 2 amide bonds. The molecule has 106 valence electrons. The lowest BCUT2D eigenvalue weighted by Crippen LogP contribution is -2.43. The predicted molar refractivity (Wildman–Crippen MR) is 72.7 cm³/mol. The summed E-state index contributed by atoms with van der Waals surface area (Å²) < 4.78 is 0. The molecular formula is C13H27N3O2. The van der Waals surface area contributed by atoms with E-state index in [0.29, 0.717) is 18.9 Å². The summed E-state index contributed by atoms with van der Waals surface area (Å²) in [6.07, 6.45) is 1.31. The van der Waals surface area contributed by atoms with Crippen molar-refractivity contribution >= 4 is 11.8 Å². The number of primary amides is 1. The summed E-state index contributed by atoms with van der Waals surface area (Å²) in [6.45, 7) is 8.44. The first-order chi connectivity index (χ1) is 8.27. The predicted octanol–water partition coefficient (Wildman–Crippen LogP) is 0.720. The number of nitrogens with two attached hydrogens (primary N) is 2. The molecule has 0 aromatic heterocycles. The van der Waals surface area contributed by atoms with Gasteiger partial charge in [0.15, 0.2) is 0 Å². The van der Waals surface area contributed by atoms with Gasteiger partial charge in [0.05, 0.1) is 6.54 Å². The fourth-order valence-electron chi connectivity index (χ4n) is 2.02. The molecule has 0 rings (SSSR count). The van der Waals surface area contributed by atoms with E-state index in [2.05, 4.69) is 13.8 Å². The SMILES string of the molecule is CC(C)C[C@H](CN)CC(=O)N(CC(N)=O)C(C)C. The van der Waals surface area contributed by atoms with E-state index in [9.17, 15) is 9.59 Å². The van der Waals surface area contributed by atoms with Gasteiger partial charge in [-0.25, -0.2) is 0 Å². The highest BCUT2D eigenvalue weighted by atomic mass is 16.2. The average Bonchev–Trinajstić information content (AvgIpc) is 2.23. The zero-order valence-corrected chi connectivity index (χ0v) is 12.0. The second-order valence-corrected chi connectivity index (χ2v) is 5.52. The van der Waals surface area contributed by atoms with Gasteiger partial charge >= 0.3 is 0 Å². The maximum Gasteiger partial charge on any atom is 0.237 e. The van der Waals surface area contributed by atoms with Gasteiger partial charge in [0, 0.05) is 12.5 Å². The minimum atomic E-state index is -0.481. The lowest BCUT2D eigenvalue weighted by Gasteiger charge is -2.27. The summed E-state index contributed by atoms with van der Waals surface area (Å²) in [7, 11) is 0. The topological polar surface area (TPSA) is 89.4 Å². The van der Waals surface area contributed by atoms with E-state index in [0.717, 1.165) is 6.42 Å². The quantitative estimate of drug-likeness (QED) is 0.671. The van der Waals surface area contributed by atoms with Crippen molar-refractivity contribution < 1.29 is 9.59 Å². The van der Waals surface area contributed by atoms with E-state index < -0.39 is 5.91 Å². The van der Waals surface area contributed by atoms with E-state index in [1.54, 1.807) is 0 Å². The first-order valence-corrected chi connectivity index (χ1v) is 6.55. The van der Waals surface area contributed by atoms with Crippen LogP contribution < -0.4 is 11.5 Å². The van der Waals surface area contributed by atoms with E-state index in [-0.39, 0.29) is 24.4 Å². The van der Waals surface area contributed by atoms with Crippen molar-refractivity contribution in [3.63, 3.8) is 0 Å². The second kappa shape index (κ2) is 8.08. The van der Waals surface area contributed by atoms with Crippen molar-refractivity contribution in [2.24, 2.45) is 23.3 Å². The zero-order valence-electron chi connectivity index (χ0n) is 12.0. The Balaban J connectivity index is 4.52. The highest BCUT2D eigenvalue weighted by Gasteiger charge is 2.22. The highest BCUT2D eigenvalue weighted by Crippen LogP contribution is 2.16. The summed E-state index contributed by atoms with van der Waals surface area (Å²) in [4.78, 5) is 24.6. The molecule has 18 heavy (non-hydrogen) atoms. The molecule has 4 N–H and O–H groups in total. The maximum absolute atomic E-state index is 12.1. The van der Waals surface area contributed by atoms with E-state index in [1.807, 2.05) is 13.8 Å². The smallest absolute Gasteiger partial charge is 0.237 e. The molecule has 0 unspecified atom stereocenters. The summed E-state index contributed by atoms with van der Waals surface area (Å²) >= 11 is 0. The van der Waals surface area contributed by atoms with Crippen LogP contribution in [-0.4, -0.2) is 35.8 Å². The standard InChI is InChI=1S/C13H27N3O2/c1-9(2)5-11(7-14)6-13(18)16(10(3)4)8-12(15)17/h9-11H,5-8,14H2,1-4H3,(H2,15,17)/t11-/m0/s1. The summed E-state index contributed by atoms with van der Waals surface area (Å²) in [5.74, 6) is 0.159. The lowest BCUT2D eigenvalue weighted by molar-refractivity contribution is -0.137. The van der Waals surface area contributed by atoms with Crippen LogP contribution in [-0.2, 0) is 9.59 Å². The molecular weight excluding hydrogens is 230 g/mol. The van der Waals surface area contributed by atoms with Crippen LogP contribution >= 0.6 is 0 Å². The normalized spacial score (nSPS) is 12.8. The van der Waals surface area contributed by atoms with Gasteiger partial charge in [-0.2, -0.15) is 0 Å². The van der Waals surface area contributed by atoms with Crippen LogP contribution in [0.5, 0.6) is 0 Å². The van der Waals surface area contributed by atoms with Crippen molar-refractivity contribution in [2.45, 2.75) is 46.6 Å². The summed E-state index contributed by atoms with van der Waals surface area (Å²) in [5.41, 5.74) is 10.8. The van der Waals surface area contributed by atoms with Gasteiger partial charge in [-0.15, -0.1) is 0 Å². The Morgan fingerprint density at radius 1 is 1.17 bits per heavy atom. The molecule has 0 aliphatic heterocycles. The van der Waals surface area contributed by atoms with Crippen LogP contribution in [0.3, 0.4) is 0 Å². The molecule has 0 bridgehead atoms. The number of carbonyl (C=O) groups is 2. The fraction of sp³-hybridized carbons (Fsp3) is 0.846. The maximum atomic E-state index is 12.1. The molecule has 0 saturated carbocycles. The number of rotatable bonds is 8. The monoisotopic (exact) mass is 257 g/mol. The van der Waals surface area contributed by atoms with Gasteiger partial charge in [-0.3, -0.25) is 9.59 Å². The van der Waals surface area contributed by atoms with Crippen molar-refractivity contribution in [3.8, 4) is 0 Å². The molecule has 0 spiro atoms. The summed E-state index contributed by atoms with van der Waals surface area (Å²) in [5, 5.41) is 0. The van der Waals surface area contributed by atoms with Gasteiger partial charge < -0.3 is 16.4 Å². The van der Waals surface area contributed by atoms with Crippen molar-refractivity contribution in [2.75, 3.05) is 13.1 Å². The lowest BCUT2D eigenvalue weighted by atomic mass is 9.93. The second-order valence-electron chi connectivity index (χ2n) is 5.52. The molecule has 0 heterocycles. The zero-order chi connectivity index (χ0) is 14.3. The molecule has 0 saturated heterocycles. The highest BCUT2D eigenvalue weighted by molar-refractivity contribution is 5.84. The van der Waals surface area contributed by atoms with Gasteiger partial charge in [-0.05, 0) is 38.6 Å². The van der Waals surface area contributed by atoms with Gasteiger partial charge in [0.25, 0.3) is 0 Å². The summed E-state index contributed by atoms with van der Waals surface area (Å²) in [6, 6.07) is -0.0255. The molecule has 5 nitrogen and oxygen atoms in total. The van der Waals surface area contributed by atoms with Crippen molar-refractivity contribution in [1.82, 2.24) is 4.90 Å². The fourth-order valence-corrected chi connectivity index (χ4v) is 2.02. The van der Waals surface area contributed by atoms with Crippen LogP contribution in [0.15, 0.2) is 0 Å². The van der Waals surface area contributed by atoms with Crippen molar-refractivity contribution in [1.29, 1.82) is 0 Å². The van der Waals surface area contributed by atoms with Gasteiger partial charge in [0.2, 0.25) is 11.8 Å². The number of amides is 2. The van der Waals surface area contributed by atoms with Crippen LogP contribution in [0.25, 0.3) is 0 Å². The molecule has 0 aliphatic carbocycles. The minimum Gasteiger partial charge on any atom is -0.368 e. The molecule has 0 radical (unpaired) electrons. The Morgan fingerprint density at radius 2 is 1.72 bits per heavy atom. The van der Waals surface area contributed by atoms with E-state index in [4.69, 9.17) is 11.5 Å². The number of nitrogens with zero attached hydrogens (tertiary/aromatic N) is 1. The van der Waals surface area contributed by atoms with E-state index in [1.165, 1.54) is 4.90 Å². The molecule has 5 heteroatoms. The van der Waals surface area contributed by atoms with Crippen LogP contribution in [0, 0.1) is 11.8 Å². The molecule has 0 fully saturated rings. The van der Waals surface area contributed by atoms with Crippen LogP contribution in [0.4, 0.5) is 0 Å². The number of hydrogen-bond acceptors (Lipinski definition) is 3. The van der Waals surface area contributed by atoms with Crippen molar-refractivity contribution in [3.05, 3.63) is 0 Å². The van der Waals surface area contributed by atoms with E-state index >= 15 is 0 Å². The largest absolute Gasteiger partial charge is 0.368 e. The van der Waals surface area contributed by atoms with Crippen LogP contribution in [0.1, 0.15) is 40.5 Å². The van der Waals surface area contributed by atoms with Crippen LogP contribution in [0.2, 0.25) is 0 Å². The first-order valence-electron chi connectivity index (χ1n) is 6.55. The third kappa shape index (κ3) is 6.59.